The second-order valence-electron chi connectivity index (χ2n) is 6.67. The van der Waals surface area contributed by atoms with Crippen LogP contribution in [-0.4, -0.2) is 35.7 Å². The third-order valence-corrected chi connectivity index (χ3v) is 4.79. The van der Waals surface area contributed by atoms with Gasteiger partial charge in [-0.05, 0) is 17.2 Å². The molecule has 1 aliphatic heterocycles. The van der Waals surface area contributed by atoms with Gasteiger partial charge in [-0.1, -0.05) is 54.6 Å². The summed E-state index contributed by atoms with van der Waals surface area (Å²) in [6.45, 7) is 0.190. The van der Waals surface area contributed by atoms with Gasteiger partial charge in [0.2, 0.25) is 5.88 Å². The Bertz CT molecular complexity index is 1070. The molecule has 2 N–H and O–H groups in total. The number of pyridine rings is 1. The Morgan fingerprint density at radius 2 is 1.86 bits per heavy atom. The quantitative estimate of drug-likeness (QED) is 0.712. The number of nitrogens with zero attached hydrogens (tertiary/aromatic N) is 2. The van der Waals surface area contributed by atoms with E-state index in [1.54, 1.807) is 11.9 Å². The molecule has 29 heavy (non-hydrogen) atoms. The number of hydrogen-bond acceptors (Lipinski definition) is 4. The first-order chi connectivity index (χ1) is 14.0. The lowest BCUT2D eigenvalue weighted by Gasteiger charge is -2.26. The fraction of sp³-hybridized carbons (Fsp3) is 0.136. The summed E-state index contributed by atoms with van der Waals surface area (Å²) in [5, 5.41) is 11.1. The number of carboxylic acid groups (broad SMARTS) is 1. The van der Waals surface area contributed by atoms with E-state index >= 15 is 0 Å². The Hall–Kier alpha value is -3.87. The Balaban J connectivity index is 1.80. The highest BCUT2D eigenvalue weighted by molar-refractivity contribution is 5.98. The monoisotopic (exact) mass is 389 g/mol. The minimum atomic E-state index is -1.06. The van der Waals surface area contributed by atoms with Crippen LogP contribution in [0.2, 0.25) is 0 Å². The predicted octanol–water partition coefficient (Wildman–Crippen LogP) is 3.54. The highest BCUT2D eigenvalue weighted by Gasteiger charge is 2.26. The van der Waals surface area contributed by atoms with Crippen LogP contribution in [0.4, 0.5) is 10.5 Å². The molecule has 7 heteroatoms. The van der Waals surface area contributed by atoms with Gasteiger partial charge in [0.15, 0.2) is 6.61 Å². The van der Waals surface area contributed by atoms with Crippen LogP contribution in [0.1, 0.15) is 5.56 Å². The average Bonchev–Trinajstić information content (AvgIpc) is 2.75. The zero-order chi connectivity index (χ0) is 20.4. The molecule has 0 fully saturated rings. The molecule has 1 aromatic heterocycles. The smallest absolute Gasteiger partial charge is 0.404 e. The first-order valence-electron chi connectivity index (χ1n) is 9.09. The van der Waals surface area contributed by atoms with E-state index in [0.717, 1.165) is 27.9 Å². The van der Waals surface area contributed by atoms with Crippen LogP contribution in [0.15, 0.2) is 60.7 Å². The lowest BCUT2D eigenvalue weighted by Crippen LogP contribution is -2.35. The summed E-state index contributed by atoms with van der Waals surface area (Å²) in [7, 11) is 1.71. The van der Waals surface area contributed by atoms with Crippen molar-refractivity contribution in [1.82, 2.24) is 10.3 Å². The fourth-order valence-corrected chi connectivity index (χ4v) is 3.21. The number of likely N-dealkylation sites (N-methyl/N-ethyl adjacent to an activating group) is 1. The molecule has 2 heterocycles. The van der Waals surface area contributed by atoms with Crippen molar-refractivity contribution in [2.75, 3.05) is 18.6 Å². The van der Waals surface area contributed by atoms with E-state index in [2.05, 4.69) is 5.32 Å². The van der Waals surface area contributed by atoms with Gasteiger partial charge in [0.1, 0.15) is 5.69 Å². The van der Waals surface area contributed by atoms with Gasteiger partial charge in [-0.3, -0.25) is 4.79 Å². The molecule has 2 amide bonds. The van der Waals surface area contributed by atoms with Crippen molar-refractivity contribution < 1.29 is 19.4 Å². The summed E-state index contributed by atoms with van der Waals surface area (Å²) in [5.74, 6) is 0.291. The normalized spacial score (nSPS) is 12.9. The zero-order valence-electron chi connectivity index (χ0n) is 15.8. The fourth-order valence-electron chi connectivity index (χ4n) is 3.21. The van der Waals surface area contributed by atoms with Gasteiger partial charge in [0.25, 0.3) is 5.91 Å². The Morgan fingerprint density at radius 1 is 1.14 bits per heavy atom. The standard InChI is InChI=1S/C22H19N3O4/c1-25-18-11-17(15-5-3-2-4-6-15)20(24-21(18)29-13-19(25)26)16-9-7-14(8-10-16)12-23-22(27)28/h2-11,23H,12-13H2,1H3,(H,27,28). The molecule has 2 aromatic carbocycles. The highest BCUT2D eigenvalue weighted by Crippen LogP contribution is 2.39. The van der Waals surface area contributed by atoms with Crippen LogP contribution in [0.5, 0.6) is 5.88 Å². The lowest BCUT2D eigenvalue weighted by molar-refractivity contribution is -0.121. The largest absolute Gasteiger partial charge is 0.466 e. The van der Waals surface area contributed by atoms with Gasteiger partial charge in [-0.15, -0.1) is 0 Å². The number of amides is 2. The van der Waals surface area contributed by atoms with Crippen molar-refractivity contribution in [3.63, 3.8) is 0 Å². The molecular weight excluding hydrogens is 370 g/mol. The van der Waals surface area contributed by atoms with Crippen LogP contribution in [0, 0.1) is 0 Å². The van der Waals surface area contributed by atoms with Gasteiger partial charge in [-0.25, -0.2) is 9.78 Å². The number of fused-ring (bicyclic) bond motifs is 1. The third-order valence-electron chi connectivity index (χ3n) is 4.79. The predicted molar refractivity (Wildman–Crippen MR) is 109 cm³/mol. The molecule has 3 aromatic rings. The Labute approximate surface area is 167 Å². The lowest BCUT2D eigenvalue weighted by atomic mass is 9.97. The number of hydrogen-bond donors (Lipinski definition) is 2. The van der Waals surface area contributed by atoms with E-state index in [1.165, 1.54) is 0 Å². The van der Waals surface area contributed by atoms with E-state index < -0.39 is 6.09 Å². The third kappa shape index (κ3) is 3.75. The first-order valence-corrected chi connectivity index (χ1v) is 9.09. The summed E-state index contributed by atoms with van der Waals surface area (Å²) in [6.07, 6.45) is -1.06. The molecule has 4 rings (SSSR count). The van der Waals surface area contributed by atoms with Gasteiger partial charge in [0, 0.05) is 24.7 Å². The molecule has 0 unspecified atom stereocenters. The molecule has 146 valence electrons. The van der Waals surface area contributed by atoms with Crippen LogP contribution in [0.3, 0.4) is 0 Å². The second-order valence-corrected chi connectivity index (χ2v) is 6.67. The van der Waals surface area contributed by atoms with Gasteiger partial charge >= 0.3 is 6.09 Å². The second kappa shape index (κ2) is 7.63. The van der Waals surface area contributed by atoms with Crippen molar-refractivity contribution in [3.05, 3.63) is 66.2 Å². The van der Waals surface area contributed by atoms with E-state index in [9.17, 15) is 9.59 Å². The summed E-state index contributed by atoms with van der Waals surface area (Å²) < 4.78 is 5.57. The minimum Gasteiger partial charge on any atom is -0.466 e. The summed E-state index contributed by atoms with van der Waals surface area (Å²) in [6, 6.07) is 19.3. The van der Waals surface area contributed by atoms with Crippen molar-refractivity contribution in [3.8, 4) is 28.3 Å². The van der Waals surface area contributed by atoms with Crippen molar-refractivity contribution in [2.45, 2.75) is 6.54 Å². The van der Waals surface area contributed by atoms with Crippen LogP contribution >= 0.6 is 0 Å². The van der Waals surface area contributed by atoms with Gasteiger partial charge < -0.3 is 20.1 Å². The van der Waals surface area contributed by atoms with Crippen molar-refractivity contribution in [1.29, 1.82) is 0 Å². The SMILES string of the molecule is CN1C(=O)COc2nc(-c3ccc(CNC(=O)O)cc3)c(-c3ccccc3)cc21. The molecule has 7 nitrogen and oxygen atoms in total. The topological polar surface area (TPSA) is 91.8 Å². The summed E-state index contributed by atoms with van der Waals surface area (Å²) in [4.78, 5) is 29.0. The maximum Gasteiger partial charge on any atom is 0.404 e. The summed E-state index contributed by atoms with van der Waals surface area (Å²) in [5.41, 5.74) is 4.93. The number of carbonyl (C=O) groups is 2. The number of rotatable bonds is 4. The highest BCUT2D eigenvalue weighted by atomic mass is 16.5. The number of nitrogens with one attached hydrogen (secondary N) is 1. The van der Waals surface area contributed by atoms with E-state index in [4.69, 9.17) is 14.8 Å². The number of benzene rings is 2. The van der Waals surface area contributed by atoms with E-state index in [1.807, 2.05) is 60.7 Å². The number of anilines is 1. The minimum absolute atomic E-state index is 0.0413. The van der Waals surface area contributed by atoms with Crippen molar-refractivity contribution in [2.24, 2.45) is 0 Å². The maximum absolute atomic E-state index is 12.0. The van der Waals surface area contributed by atoms with E-state index in [-0.39, 0.29) is 19.1 Å². The molecule has 1 aliphatic rings. The molecular formula is C22H19N3O4. The molecule has 0 bridgehead atoms. The molecule has 0 saturated heterocycles. The average molecular weight is 389 g/mol. The summed E-state index contributed by atoms with van der Waals surface area (Å²) >= 11 is 0. The first kappa shape index (κ1) is 18.5. The molecule has 0 radical (unpaired) electrons. The van der Waals surface area contributed by atoms with Gasteiger partial charge in [0.05, 0.1) is 5.69 Å². The molecule has 0 spiro atoms. The van der Waals surface area contributed by atoms with Crippen LogP contribution in [0.25, 0.3) is 22.4 Å². The van der Waals surface area contributed by atoms with Crippen LogP contribution < -0.4 is 15.0 Å². The molecule has 0 atom stereocenters. The van der Waals surface area contributed by atoms with Crippen molar-refractivity contribution >= 4 is 17.7 Å². The molecule has 0 aliphatic carbocycles. The zero-order valence-corrected chi connectivity index (χ0v) is 15.8. The Morgan fingerprint density at radius 3 is 2.55 bits per heavy atom. The van der Waals surface area contributed by atoms with Gasteiger partial charge in [-0.2, -0.15) is 0 Å². The number of carbonyl (C=O) groups excluding carboxylic acids is 1. The van der Waals surface area contributed by atoms with Crippen LogP contribution in [-0.2, 0) is 11.3 Å². The number of ether oxygens (including phenoxy) is 1. The maximum atomic E-state index is 12.0. The van der Waals surface area contributed by atoms with E-state index in [0.29, 0.717) is 11.6 Å². The number of aromatic nitrogens is 1. The molecule has 0 saturated carbocycles. The Kier molecular flexibility index (Phi) is 4.87.